The van der Waals surface area contributed by atoms with E-state index in [0.29, 0.717) is 6.42 Å². The van der Waals surface area contributed by atoms with E-state index >= 15 is 0 Å². The van der Waals surface area contributed by atoms with Gasteiger partial charge in [-0.15, -0.1) is 0 Å². The van der Waals surface area contributed by atoms with Crippen molar-refractivity contribution in [2.75, 3.05) is 36.0 Å². The second kappa shape index (κ2) is 6.56. The van der Waals surface area contributed by atoms with E-state index in [-0.39, 0.29) is 6.42 Å². The van der Waals surface area contributed by atoms with Crippen LogP contribution in [0.15, 0.2) is 46.9 Å². The number of anilines is 2. The number of carboxylic acid groups (broad SMARTS) is 1. The Hall–Kier alpha value is -2.43. The second-order valence-electron chi connectivity index (χ2n) is 5.44. The van der Waals surface area contributed by atoms with E-state index < -0.39 is 5.97 Å². The number of carbonyl (C=O) groups is 1. The number of aliphatic carboxylic acids is 1. The van der Waals surface area contributed by atoms with Gasteiger partial charge in [0.15, 0.2) is 5.88 Å². The molecule has 1 fully saturated rings. The maximum absolute atomic E-state index is 10.6. The molecule has 0 radical (unpaired) electrons. The summed E-state index contributed by atoms with van der Waals surface area (Å²) in [7, 11) is 0. The Morgan fingerprint density at radius 1 is 1.00 bits per heavy atom. The number of furan rings is 1. The minimum absolute atomic E-state index is 0.106. The predicted octanol–water partition coefficient (Wildman–Crippen LogP) is 2.62. The molecule has 1 aliphatic rings. The van der Waals surface area contributed by atoms with Crippen molar-refractivity contribution < 1.29 is 14.3 Å². The third-order valence-corrected chi connectivity index (χ3v) is 3.95. The number of hydrogen-bond donors (Lipinski definition) is 1. The number of benzene rings is 1. The van der Waals surface area contributed by atoms with Crippen molar-refractivity contribution in [3.8, 4) is 0 Å². The van der Waals surface area contributed by atoms with Gasteiger partial charge in [-0.25, -0.2) is 0 Å². The van der Waals surface area contributed by atoms with E-state index in [1.807, 2.05) is 18.2 Å². The number of piperazine rings is 1. The first-order valence-corrected chi connectivity index (χ1v) is 7.58. The maximum atomic E-state index is 10.6. The molecule has 1 aromatic carbocycles. The predicted molar refractivity (Wildman–Crippen MR) is 85.5 cm³/mol. The van der Waals surface area contributed by atoms with Crippen molar-refractivity contribution in [2.24, 2.45) is 0 Å². The van der Waals surface area contributed by atoms with E-state index in [1.165, 1.54) is 5.69 Å². The molecule has 1 aliphatic heterocycles. The first-order chi connectivity index (χ1) is 10.7. The molecule has 0 unspecified atom stereocenters. The lowest BCUT2D eigenvalue weighted by atomic mass is 10.2. The Bertz CT molecular complexity index is 616. The number of para-hydroxylation sites is 1. The third-order valence-electron chi connectivity index (χ3n) is 3.95. The van der Waals surface area contributed by atoms with Crippen LogP contribution in [-0.4, -0.2) is 37.3 Å². The zero-order valence-corrected chi connectivity index (χ0v) is 12.4. The summed E-state index contributed by atoms with van der Waals surface area (Å²) in [5, 5.41) is 8.71. The highest BCUT2D eigenvalue weighted by atomic mass is 16.4. The van der Waals surface area contributed by atoms with Crippen LogP contribution in [0.2, 0.25) is 0 Å². The van der Waals surface area contributed by atoms with Gasteiger partial charge in [0.05, 0.1) is 6.42 Å². The van der Waals surface area contributed by atoms with Gasteiger partial charge in [-0.3, -0.25) is 4.79 Å². The van der Waals surface area contributed by atoms with Crippen molar-refractivity contribution in [3.05, 3.63) is 48.2 Å². The molecule has 1 saturated heterocycles. The van der Waals surface area contributed by atoms with Gasteiger partial charge < -0.3 is 19.3 Å². The van der Waals surface area contributed by atoms with Gasteiger partial charge in [-0.2, -0.15) is 0 Å². The highest BCUT2D eigenvalue weighted by molar-refractivity contribution is 5.67. The van der Waals surface area contributed by atoms with Gasteiger partial charge >= 0.3 is 5.97 Å². The van der Waals surface area contributed by atoms with Gasteiger partial charge in [0.2, 0.25) is 0 Å². The second-order valence-corrected chi connectivity index (χ2v) is 5.44. The molecule has 0 aliphatic carbocycles. The standard InChI is InChI=1S/C17H20N2O3/c20-17(21)9-7-15-6-8-16(22-15)19-12-10-18(11-13-19)14-4-2-1-3-5-14/h1-6,8H,7,9-13H2,(H,20,21). The summed E-state index contributed by atoms with van der Waals surface area (Å²) in [5.41, 5.74) is 1.25. The van der Waals surface area contributed by atoms with Crippen LogP contribution >= 0.6 is 0 Å². The fourth-order valence-electron chi connectivity index (χ4n) is 2.72. The van der Waals surface area contributed by atoms with Gasteiger partial charge in [0.1, 0.15) is 5.76 Å². The zero-order valence-electron chi connectivity index (χ0n) is 12.4. The number of hydrogen-bond acceptors (Lipinski definition) is 4. The maximum Gasteiger partial charge on any atom is 0.303 e. The molecule has 0 atom stereocenters. The smallest absolute Gasteiger partial charge is 0.303 e. The molecule has 1 aromatic heterocycles. The van der Waals surface area contributed by atoms with Gasteiger partial charge in [-0.05, 0) is 18.2 Å². The molecule has 2 aromatic rings. The van der Waals surface area contributed by atoms with Crippen LogP contribution in [-0.2, 0) is 11.2 Å². The average molecular weight is 300 g/mol. The summed E-state index contributed by atoms with van der Waals surface area (Å²) in [6.45, 7) is 3.71. The Balaban J connectivity index is 1.56. The summed E-state index contributed by atoms with van der Waals surface area (Å²) < 4.78 is 5.76. The Morgan fingerprint density at radius 3 is 2.36 bits per heavy atom. The van der Waals surface area contributed by atoms with E-state index in [0.717, 1.165) is 37.8 Å². The van der Waals surface area contributed by atoms with Crippen LogP contribution in [0.5, 0.6) is 0 Å². The molecule has 2 heterocycles. The molecule has 0 amide bonds. The first kappa shape index (κ1) is 14.5. The fourth-order valence-corrected chi connectivity index (χ4v) is 2.72. The third kappa shape index (κ3) is 3.42. The monoisotopic (exact) mass is 300 g/mol. The molecule has 116 valence electrons. The largest absolute Gasteiger partial charge is 0.481 e. The quantitative estimate of drug-likeness (QED) is 0.920. The van der Waals surface area contributed by atoms with E-state index in [1.54, 1.807) is 0 Å². The summed E-state index contributed by atoms with van der Waals surface area (Å²) in [4.78, 5) is 15.2. The molecule has 5 nitrogen and oxygen atoms in total. The number of carboxylic acids is 1. The topological polar surface area (TPSA) is 56.9 Å². The molecule has 0 spiro atoms. The Morgan fingerprint density at radius 2 is 1.68 bits per heavy atom. The lowest BCUT2D eigenvalue weighted by Crippen LogP contribution is -2.46. The van der Waals surface area contributed by atoms with Crippen molar-refractivity contribution in [2.45, 2.75) is 12.8 Å². The van der Waals surface area contributed by atoms with Crippen LogP contribution in [0, 0.1) is 0 Å². The number of nitrogens with zero attached hydrogens (tertiary/aromatic N) is 2. The summed E-state index contributed by atoms with van der Waals surface area (Å²) in [6.07, 6.45) is 0.550. The SMILES string of the molecule is O=C(O)CCc1ccc(N2CCN(c3ccccc3)CC2)o1. The average Bonchev–Trinajstić information content (AvgIpc) is 3.03. The van der Waals surface area contributed by atoms with Gasteiger partial charge in [0, 0.05) is 44.4 Å². The van der Waals surface area contributed by atoms with Crippen LogP contribution < -0.4 is 9.80 Å². The van der Waals surface area contributed by atoms with E-state index in [9.17, 15) is 4.79 Å². The van der Waals surface area contributed by atoms with Gasteiger partial charge in [0.25, 0.3) is 0 Å². The zero-order chi connectivity index (χ0) is 15.4. The van der Waals surface area contributed by atoms with Crippen molar-refractivity contribution >= 4 is 17.5 Å². The molecule has 22 heavy (non-hydrogen) atoms. The summed E-state index contributed by atoms with van der Waals surface area (Å²) in [5.74, 6) is 0.783. The molecule has 3 rings (SSSR count). The van der Waals surface area contributed by atoms with Crippen LogP contribution in [0.1, 0.15) is 12.2 Å². The molecular formula is C17H20N2O3. The Labute approximate surface area is 129 Å². The molecule has 0 saturated carbocycles. The van der Waals surface area contributed by atoms with E-state index in [4.69, 9.17) is 9.52 Å². The van der Waals surface area contributed by atoms with Crippen molar-refractivity contribution in [3.63, 3.8) is 0 Å². The van der Waals surface area contributed by atoms with Gasteiger partial charge in [-0.1, -0.05) is 18.2 Å². The normalized spacial score (nSPS) is 15.1. The lowest BCUT2D eigenvalue weighted by Gasteiger charge is -2.36. The highest BCUT2D eigenvalue weighted by Gasteiger charge is 2.19. The minimum atomic E-state index is -0.797. The van der Waals surface area contributed by atoms with E-state index in [2.05, 4.69) is 34.1 Å². The Kier molecular flexibility index (Phi) is 4.32. The molecule has 1 N–H and O–H groups in total. The van der Waals surface area contributed by atoms with Crippen molar-refractivity contribution in [1.82, 2.24) is 0 Å². The molecular weight excluding hydrogens is 280 g/mol. The summed E-state index contributed by atoms with van der Waals surface area (Å²) in [6, 6.07) is 14.2. The van der Waals surface area contributed by atoms with Crippen LogP contribution in [0.4, 0.5) is 11.6 Å². The highest BCUT2D eigenvalue weighted by Crippen LogP contribution is 2.23. The molecule has 0 bridgehead atoms. The number of rotatable bonds is 5. The number of aryl methyl sites for hydroxylation is 1. The lowest BCUT2D eigenvalue weighted by molar-refractivity contribution is -0.137. The summed E-state index contributed by atoms with van der Waals surface area (Å²) >= 11 is 0. The minimum Gasteiger partial charge on any atom is -0.481 e. The van der Waals surface area contributed by atoms with Crippen molar-refractivity contribution in [1.29, 1.82) is 0 Å². The molecule has 5 heteroatoms. The van der Waals surface area contributed by atoms with Crippen LogP contribution in [0.25, 0.3) is 0 Å². The fraction of sp³-hybridized carbons (Fsp3) is 0.353. The van der Waals surface area contributed by atoms with Crippen LogP contribution in [0.3, 0.4) is 0 Å². The first-order valence-electron chi connectivity index (χ1n) is 7.58.